The van der Waals surface area contributed by atoms with Crippen LogP contribution in [0.5, 0.6) is 0 Å². The molecule has 102 valence electrons. The van der Waals surface area contributed by atoms with Crippen molar-refractivity contribution in [2.45, 2.75) is 32.1 Å². The monoisotopic (exact) mass is 260 g/mol. The number of anilines is 2. The maximum absolute atomic E-state index is 4.48. The van der Waals surface area contributed by atoms with Gasteiger partial charge in [-0.25, -0.2) is 0 Å². The van der Waals surface area contributed by atoms with Crippen molar-refractivity contribution in [2.24, 2.45) is 5.92 Å². The van der Waals surface area contributed by atoms with Crippen LogP contribution >= 0.6 is 0 Å². The van der Waals surface area contributed by atoms with E-state index in [4.69, 9.17) is 0 Å². The maximum Gasteiger partial charge on any atom is 0.226 e. The number of aromatic nitrogens is 4. The van der Waals surface area contributed by atoms with Crippen molar-refractivity contribution < 1.29 is 0 Å². The van der Waals surface area contributed by atoms with Crippen molar-refractivity contribution in [1.29, 1.82) is 0 Å². The highest BCUT2D eigenvalue weighted by atomic mass is 15.2. The summed E-state index contributed by atoms with van der Waals surface area (Å²) in [6.45, 7) is 0.987. The second kappa shape index (κ2) is 5.42. The Labute approximate surface area is 112 Å². The minimum Gasteiger partial charge on any atom is -0.369 e. The van der Waals surface area contributed by atoms with Gasteiger partial charge in [0.2, 0.25) is 5.95 Å². The fraction of sp³-hybridized carbons (Fsp3) is 0.615. The van der Waals surface area contributed by atoms with E-state index in [-0.39, 0.29) is 0 Å². The standard InChI is InChI=1S/C13H20N6/c1-14-13-17-11(10-8-16-19-12(10)18-13)15-7-9-5-3-2-4-6-9/h8-9H,2-7H2,1H3,(H3,14,15,16,17,18,19). The van der Waals surface area contributed by atoms with Crippen molar-refractivity contribution >= 4 is 22.8 Å². The van der Waals surface area contributed by atoms with Gasteiger partial charge in [-0.1, -0.05) is 19.3 Å². The zero-order valence-electron chi connectivity index (χ0n) is 11.2. The van der Waals surface area contributed by atoms with Crippen LogP contribution in [0.25, 0.3) is 11.0 Å². The van der Waals surface area contributed by atoms with Crippen LogP contribution in [0.3, 0.4) is 0 Å². The molecule has 3 rings (SSSR count). The lowest BCUT2D eigenvalue weighted by atomic mass is 9.89. The molecule has 0 aromatic carbocycles. The fourth-order valence-electron chi connectivity index (χ4n) is 2.71. The van der Waals surface area contributed by atoms with Crippen molar-refractivity contribution in [3.8, 4) is 0 Å². The number of H-pyrrole nitrogens is 1. The summed E-state index contributed by atoms with van der Waals surface area (Å²) in [6.07, 6.45) is 8.53. The number of rotatable bonds is 4. The second-order valence-corrected chi connectivity index (χ2v) is 5.16. The van der Waals surface area contributed by atoms with Gasteiger partial charge in [-0.2, -0.15) is 15.1 Å². The van der Waals surface area contributed by atoms with E-state index < -0.39 is 0 Å². The molecule has 0 amide bonds. The van der Waals surface area contributed by atoms with Crippen LogP contribution in [0.2, 0.25) is 0 Å². The van der Waals surface area contributed by atoms with E-state index in [0.717, 1.165) is 29.3 Å². The molecular weight excluding hydrogens is 240 g/mol. The number of fused-ring (bicyclic) bond motifs is 1. The van der Waals surface area contributed by atoms with Gasteiger partial charge >= 0.3 is 0 Å². The first-order valence-electron chi connectivity index (χ1n) is 6.99. The Morgan fingerprint density at radius 1 is 1.26 bits per heavy atom. The zero-order valence-corrected chi connectivity index (χ0v) is 11.2. The van der Waals surface area contributed by atoms with Gasteiger partial charge in [0.05, 0.1) is 11.6 Å². The van der Waals surface area contributed by atoms with Crippen molar-refractivity contribution in [2.75, 3.05) is 24.2 Å². The predicted octanol–water partition coefficient (Wildman–Crippen LogP) is 2.39. The van der Waals surface area contributed by atoms with Crippen LogP contribution in [0, 0.1) is 5.92 Å². The molecule has 0 spiro atoms. The number of nitrogens with zero attached hydrogens (tertiary/aromatic N) is 3. The van der Waals surface area contributed by atoms with Gasteiger partial charge in [-0.05, 0) is 18.8 Å². The molecule has 2 aromatic rings. The first kappa shape index (κ1) is 12.2. The minimum atomic E-state index is 0.614. The molecule has 0 radical (unpaired) electrons. The van der Waals surface area contributed by atoms with Crippen LogP contribution in [0.15, 0.2) is 6.20 Å². The molecule has 19 heavy (non-hydrogen) atoms. The summed E-state index contributed by atoms with van der Waals surface area (Å²) in [5.41, 5.74) is 0.769. The number of nitrogens with one attached hydrogen (secondary N) is 3. The van der Waals surface area contributed by atoms with Gasteiger partial charge in [-0.3, -0.25) is 5.10 Å². The molecule has 0 bridgehead atoms. The Morgan fingerprint density at radius 3 is 2.89 bits per heavy atom. The normalized spacial score (nSPS) is 16.7. The molecule has 1 saturated carbocycles. The van der Waals surface area contributed by atoms with Gasteiger partial charge in [-0.15, -0.1) is 0 Å². The van der Waals surface area contributed by atoms with E-state index in [0.29, 0.717) is 5.95 Å². The first-order chi connectivity index (χ1) is 9.36. The average Bonchev–Trinajstić information content (AvgIpc) is 2.94. The van der Waals surface area contributed by atoms with Crippen molar-refractivity contribution in [3.05, 3.63) is 6.20 Å². The van der Waals surface area contributed by atoms with E-state index in [9.17, 15) is 0 Å². The minimum absolute atomic E-state index is 0.614. The lowest BCUT2D eigenvalue weighted by molar-refractivity contribution is 0.373. The molecule has 0 aliphatic heterocycles. The summed E-state index contributed by atoms with van der Waals surface area (Å²) >= 11 is 0. The van der Waals surface area contributed by atoms with Crippen LogP contribution in [0.1, 0.15) is 32.1 Å². The van der Waals surface area contributed by atoms with Crippen molar-refractivity contribution in [1.82, 2.24) is 20.2 Å². The van der Waals surface area contributed by atoms with E-state index in [1.807, 2.05) is 7.05 Å². The van der Waals surface area contributed by atoms with Crippen LogP contribution in [-0.4, -0.2) is 33.8 Å². The third-order valence-electron chi connectivity index (χ3n) is 3.82. The second-order valence-electron chi connectivity index (χ2n) is 5.16. The quantitative estimate of drug-likeness (QED) is 0.786. The molecule has 6 nitrogen and oxygen atoms in total. The Kier molecular flexibility index (Phi) is 3.48. The molecule has 1 aliphatic carbocycles. The van der Waals surface area contributed by atoms with Gasteiger partial charge in [0.15, 0.2) is 5.65 Å². The van der Waals surface area contributed by atoms with Gasteiger partial charge < -0.3 is 10.6 Å². The molecule has 0 unspecified atom stereocenters. The van der Waals surface area contributed by atoms with Crippen LogP contribution in [0.4, 0.5) is 11.8 Å². The van der Waals surface area contributed by atoms with Crippen molar-refractivity contribution in [3.63, 3.8) is 0 Å². The molecule has 2 heterocycles. The van der Waals surface area contributed by atoms with Crippen LogP contribution < -0.4 is 10.6 Å². The van der Waals surface area contributed by atoms with E-state index in [1.54, 1.807) is 6.20 Å². The van der Waals surface area contributed by atoms with Crippen LogP contribution in [-0.2, 0) is 0 Å². The highest BCUT2D eigenvalue weighted by Gasteiger charge is 2.15. The molecule has 0 atom stereocenters. The van der Waals surface area contributed by atoms with E-state index in [2.05, 4.69) is 30.8 Å². The first-order valence-corrected chi connectivity index (χ1v) is 6.99. The Hall–Kier alpha value is -1.85. The van der Waals surface area contributed by atoms with Gasteiger partial charge in [0, 0.05) is 13.6 Å². The average molecular weight is 260 g/mol. The molecule has 0 saturated heterocycles. The third kappa shape index (κ3) is 2.62. The Morgan fingerprint density at radius 2 is 2.11 bits per heavy atom. The largest absolute Gasteiger partial charge is 0.369 e. The number of aromatic amines is 1. The summed E-state index contributed by atoms with van der Waals surface area (Å²) in [7, 11) is 1.82. The molecule has 1 aliphatic rings. The summed E-state index contributed by atoms with van der Waals surface area (Å²) in [6, 6.07) is 0. The van der Waals surface area contributed by atoms with Gasteiger partial charge in [0.25, 0.3) is 0 Å². The molecule has 1 fully saturated rings. The Balaban J connectivity index is 1.77. The highest BCUT2D eigenvalue weighted by molar-refractivity contribution is 5.86. The van der Waals surface area contributed by atoms with E-state index >= 15 is 0 Å². The zero-order chi connectivity index (χ0) is 13.1. The summed E-state index contributed by atoms with van der Waals surface area (Å²) in [5, 5.41) is 14.3. The predicted molar refractivity (Wildman–Crippen MR) is 76.3 cm³/mol. The Bertz CT molecular complexity index is 543. The summed E-state index contributed by atoms with van der Waals surface area (Å²) < 4.78 is 0. The molecule has 2 aromatic heterocycles. The fourth-order valence-corrected chi connectivity index (χ4v) is 2.71. The molecular formula is C13H20N6. The maximum atomic E-state index is 4.48. The molecule has 6 heteroatoms. The molecule has 3 N–H and O–H groups in total. The van der Waals surface area contributed by atoms with Gasteiger partial charge in [0.1, 0.15) is 5.82 Å². The van der Waals surface area contributed by atoms with E-state index in [1.165, 1.54) is 32.1 Å². The summed E-state index contributed by atoms with van der Waals surface area (Å²) in [4.78, 5) is 8.81. The topological polar surface area (TPSA) is 78.5 Å². The third-order valence-corrected chi connectivity index (χ3v) is 3.82. The number of hydrogen-bond acceptors (Lipinski definition) is 5. The number of hydrogen-bond donors (Lipinski definition) is 3. The lowest BCUT2D eigenvalue weighted by Crippen LogP contribution is -2.18. The SMILES string of the molecule is CNc1nc(NCC2CCCCC2)c2cn[nH]c2n1. The summed E-state index contributed by atoms with van der Waals surface area (Å²) in [5.74, 6) is 2.25. The smallest absolute Gasteiger partial charge is 0.226 e. The lowest BCUT2D eigenvalue weighted by Gasteiger charge is -2.22. The highest BCUT2D eigenvalue weighted by Crippen LogP contribution is 2.25.